The second-order valence-electron chi connectivity index (χ2n) is 3.35. The standard InChI is InChI=1S/C8H10F3NO3/c9-8(10,11)6(13)5-3-1-2-4-12(5)7(14)15/h5H,1-4H2,(H,14,15). The number of carbonyl (C=O) groups excluding carboxylic acids is 1. The molecule has 0 aromatic carbocycles. The zero-order valence-corrected chi connectivity index (χ0v) is 7.75. The molecule has 1 amide bonds. The maximum Gasteiger partial charge on any atom is 0.452 e. The van der Waals surface area contributed by atoms with Crippen LogP contribution in [-0.4, -0.2) is 40.6 Å². The van der Waals surface area contributed by atoms with E-state index < -0.39 is 24.1 Å². The quantitative estimate of drug-likeness (QED) is 0.738. The third-order valence-electron chi connectivity index (χ3n) is 2.33. The molecule has 1 saturated heterocycles. The molecule has 7 heteroatoms. The van der Waals surface area contributed by atoms with E-state index in [9.17, 15) is 22.8 Å². The van der Waals surface area contributed by atoms with Crippen LogP contribution in [0.4, 0.5) is 18.0 Å². The van der Waals surface area contributed by atoms with Crippen molar-refractivity contribution in [2.45, 2.75) is 31.5 Å². The number of rotatable bonds is 1. The number of piperidine rings is 1. The fourth-order valence-corrected chi connectivity index (χ4v) is 1.62. The number of Topliss-reactive ketones (excluding diaryl/α,β-unsaturated/α-hetero) is 1. The van der Waals surface area contributed by atoms with Crippen LogP contribution >= 0.6 is 0 Å². The minimum absolute atomic E-state index is 0.0121. The Labute approximate surface area is 83.7 Å². The maximum atomic E-state index is 12.1. The molecule has 0 aromatic heterocycles. The summed E-state index contributed by atoms with van der Waals surface area (Å²) in [5, 5.41) is 8.63. The molecule has 1 aliphatic heterocycles. The number of alkyl halides is 3. The Morgan fingerprint density at radius 2 is 1.87 bits per heavy atom. The van der Waals surface area contributed by atoms with Gasteiger partial charge in [-0.25, -0.2) is 4.79 Å². The lowest BCUT2D eigenvalue weighted by Gasteiger charge is -2.32. The first kappa shape index (κ1) is 11.8. The molecule has 1 fully saturated rings. The van der Waals surface area contributed by atoms with Crippen LogP contribution < -0.4 is 0 Å². The van der Waals surface area contributed by atoms with Crippen molar-refractivity contribution in [1.82, 2.24) is 4.90 Å². The second-order valence-corrected chi connectivity index (χ2v) is 3.35. The van der Waals surface area contributed by atoms with Crippen LogP contribution in [0.25, 0.3) is 0 Å². The van der Waals surface area contributed by atoms with Gasteiger partial charge in [0.15, 0.2) is 0 Å². The minimum Gasteiger partial charge on any atom is -0.465 e. The SMILES string of the molecule is O=C(O)N1CCCCC1C(=O)C(F)(F)F. The van der Waals surface area contributed by atoms with E-state index in [0.717, 1.165) is 0 Å². The van der Waals surface area contributed by atoms with Gasteiger partial charge >= 0.3 is 12.3 Å². The van der Waals surface area contributed by atoms with Crippen LogP contribution in [0.1, 0.15) is 19.3 Å². The van der Waals surface area contributed by atoms with E-state index in [1.54, 1.807) is 0 Å². The zero-order valence-electron chi connectivity index (χ0n) is 7.75. The lowest BCUT2D eigenvalue weighted by atomic mass is 9.99. The van der Waals surface area contributed by atoms with Gasteiger partial charge < -0.3 is 5.11 Å². The molecular formula is C8H10F3NO3. The van der Waals surface area contributed by atoms with Gasteiger partial charge in [-0.05, 0) is 19.3 Å². The smallest absolute Gasteiger partial charge is 0.452 e. The number of ketones is 1. The van der Waals surface area contributed by atoms with Crippen LogP contribution in [0.2, 0.25) is 0 Å². The van der Waals surface area contributed by atoms with E-state index in [1.165, 1.54) is 0 Å². The molecule has 0 spiro atoms. The number of nitrogens with zero attached hydrogens (tertiary/aromatic N) is 1. The molecule has 1 N–H and O–H groups in total. The molecule has 86 valence electrons. The number of carbonyl (C=O) groups is 2. The van der Waals surface area contributed by atoms with Crippen molar-refractivity contribution in [3.05, 3.63) is 0 Å². The van der Waals surface area contributed by atoms with Crippen LogP contribution in [0.15, 0.2) is 0 Å². The molecule has 15 heavy (non-hydrogen) atoms. The van der Waals surface area contributed by atoms with Crippen molar-refractivity contribution in [3.8, 4) is 0 Å². The fraction of sp³-hybridized carbons (Fsp3) is 0.750. The molecule has 0 aromatic rings. The molecule has 1 heterocycles. The number of carboxylic acid groups (broad SMARTS) is 1. The van der Waals surface area contributed by atoms with Gasteiger partial charge in [0.1, 0.15) is 6.04 Å². The minimum atomic E-state index is -4.96. The van der Waals surface area contributed by atoms with Gasteiger partial charge in [-0.3, -0.25) is 9.69 Å². The first-order chi connectivity index (χ1) is 6.84. The van der Waals surface area contributed by atoms with Crippen LogP contribution in [0, 0.1) is 0 Å². The van der Waals surface area contributed by atoms with Gasteiger partial charge in [-0.15, -0.1) is 0 Å². The predicted octanol–water partition coefficient (Wildman–Crippen LogP) is 1.65. The van der Waals surface area contributed by atoms with Crippen LogP contribution in [0.5, 0.6) is 0 Å². The van der Waals surface area contributed by atoms with E-state index in [1.807, 2.05) is 0 Å². The summed E-state index contributed by atoms with van der Waals surface area (Å²) in [5.74, 6) is -1.97. The predicted molar refractivity (Wildman–Crippen MR) is 43.4 cm³/mol. The highest BCUT2D eigenvalue weighted by atomic mass is 19.4. The summed E-state index contributed by atoms with van der Waals surface area (Å²) in [7, 11) is 0. The van der Waals surface area contributed by atoms with Crippen molar-refractivity contribution >= 4 is 11.9 Å². The average Bonchev–Trinajstić information content (AvgIpc) is 2.15. The number of halogens is 3. The highest BCUT2D eigenvalue weighted by Gasteiger charge is 2.47. The topological polar surface area (TPSA) is 57.6 Å². The van der Waals surface area contributed by atoms with Crippen molar-refractivity contribution in [1.29, 1.82) is 0 Å². The Hall–Kier alpha value is -1.27. The Kier molecular flexibility index (Phi) is 3.21. The van der Waals surface area contributed by atoms with Crippen molar-refractivity contribution in [2.75, 3.05) is 6.54 Å². The summed E-state index contributed by atoms with van der Waals surface area (Å²) < 4.78 is 36.3. The summed E-state index contributed by atoms with van der Waals surface area (Å²) in [6.45, 7) is -0.0121. The Morgan fingerprint density at radius 3 is 2.33 bits per heavy atom. The molecular weight excluding hydrogens is 215 g/mol. The van der Waals surface area contributed by atoms with E-state index in [-0.39, 0.29) is 13.0 Å². The van der Waals surface area contributed by atoms with Gasteiger partial charge in [-0.2, -0.15) is 13.2 Å². The molecule has 0 bridgehead atoms. The second kappa shape index (κ2) is 4.08. The molecule has 4 nitrogen and oxygen atoms in total. The van der Waals surface area contributed by atoms with E-state index >= 15 is 0 Å². The van der Waals surface area contributed by atoms with Gasteiger partial charge in [0.2, 0.25) is 0 Å². The van der Waals surface area contributed by atoms with Crippen LogP contribution in [0.3, 0.4) is 0 Å². The summed E-state index contributed by atoms with van der Waals surface area (Å²) >= 11 is 0. The summed E-state index contributed by atoms with van der Waals surface area (Å²) in [5.41, 5.74) is 0. The normalized spacial score (nSPS) is 22.6. The highest BCUT2D eigenvalue weighted by molar-refractivity contribution is 5.91. The van der Waals surface area contributed by atoms with Gasteiger partial charge in [0.05, 0.1) is 0 Å². The molecule has 1 aliphatic rings. The fourth-order valence-electron chi connectivity index (χ4n) is 1.62. The van der Waals surface area contributed by atoms with Crippen molar-refractivity contribution in [2.24, 2.45) is 0 Å². The van der Waals surface area contributed by atoms with Crippen molar-refractivity contribution in [3.63, 3.8) is 0 Å². The largest absolute Gasteiger partial charge is 0.465 e. The Bertz CT molecular complexity index is 277. The highest BCUT2D eigenvalue weighted by Crippen LogP contribution is 2.26. The lowest BCUT2D eigenvalue weighted by molar-refractivity contribution is -0.177. The first-order valence-corrected chi connectivity index (χ1v) is 4.44. The molecule has 1 atom stereocenters. The number of likely N-dealkylation sites (tertiary alicyclic amines) is 1. The maximum absolute atomic E-state index is 12.1. The first-order valence-electron chi connectivity index (χ1n) is 4.44. The van der Waals surface area contributed by atoms with E-state index in [2.05, 4.69) is 0 Å². The summed E-state index contributed by atoms with van der Waals surface area (Å²) in [6.07, 6.45) is -5.55. The zero-order chi connectivity index (χ0) is 11.6. The van der Waals surface area contributed by atoms with Crippen LogP contribution in [-0.2, 0) is 4.79 Å². The Balaban J connectivity index is 2.81. The third kappa shape index (κ3) is 2.60. The van der Waals surface area contributed by atoms with E-state index in [4.69, 9.17) is 5.11 Å². The van der Waals surface area contributed by atoms with Gasteiger partial charge in [0.25, 0.3) is 5.78 Å². The van der Waals surface area contributed by atoms with Gasteiger partial charge in [-0.1, -0.05) is 0 Å². The average molecular weight is 225 g/mol. The molecule has 0 saturated carbocycles. The third-order valence-corrected chi connectivity index (χ3v) is 2.33. The lowest BCUT2D eigenvalue weighted by Crippen LogP contribution is -2.51. The molecule has 1 unspecified atom stereocenters. The summed E-state index contributed by atoms with van der Waals surface area (Å²) in [6, 6.07) is -1.56. The monoisotopic (exact) mass is 225 g/mol. The number of hydrogen-bond acceptors (Lipinski definition) is 2. The Morgan fingerprint density at radius 1 is 1.27 bits per heavy atom. The molecule has 0 aliphatic carbocycles. The van der Waals surface area contributed by atoms with Gasteiger partial charge in [0, 0.05) is 6.54 Å². The number of amides is 1. The molecule has 1 rings (SSSR count). The summed E-state index contributed by atoms with van der Waals surface area (Å²) in [4.78, 5) is 22.1. The van der Waals surface area contributed by atoms with Crippen molar-refractivity contribution < 1.29 is 27.9 Å². The number of hydrogen-bond donors (Lipinski definition) is 1. The van der Waals surface area contributed by atoms with E-state index in [0.29, 0.717) is 17.7 Å². The molecule has 0 radical (unpaired) electrons.